The molecule has 1 aliphatic rings. The lowest BCUT2D eigenvalue weighted by molar-refractivity contribution is 0.102. The van der Waals surface area contributed by atoms with Crippen molar-refractivity contribution in [2.45, 2.75) is 38.8 Å². The largest absolute Gasteiger partial charge is 0.396 e. The van der Waals surface area contributed by atoms with Crippen molar-refractivity contribution < 1.29 is 5.11 Å². The van der Waals surface area contributed by atoms with E-state index in [1.807, 2.05) is 0 Å². The molecule has 1 unspecified atom stereocenters. The van der Waals surface area contributed by atoms with Crippen molar-refractivity contribution in [1.82, 2.24) is 4.90 Å². The molecule has 0 aliphatic carbocycles. The normalized spacial score (nSPS) is 33.2. The van der Waals surface area contributed by atoms with Gasteiger partial charge in [-0.25, -0.2) is 0 Å². The molecule has 0 spiro atoms. The first-order valence-electron chi connectivity index (χ1n) is 5.25. The zero-order valence-electron chi connectivity index (χ0n) is 8.74. The van der Waals surface area contributed by atoms with Crippen LogP contribution in [0.1, 0.15) is 26.7 Å². The van der Waals surface area contributed by atoms with Gasteiger partial charge in [-0.15, -0.1) is 0 Å². The van der Waals surface area contributed by atoms with Crippen LogP contribution in [0.3, 0.4) is 0 Å². The van der Waals surface area contributed by atoms with Gasteiger partial charge >= 0.3 is 0 Å². The van der Waals surface area contributed by atoms with Crippen LogP contribution in [0.4, 0.5) is 0 Å². The third-order valence-electron chi connectivity index (χ3n) is 3.04. The van der Waals surface area contributed by atoms with Gasteiger partial charge in [0.25, 0.3) is 0 Å². The van der Waals surface area contributed by atoms with Crippen LogP contribution < -0.4 is 5.73 Å². The van der Waals surface area contributed by atoms with Gasteiger partial charge in [0.05, 0.1) is 0 Å². The molecule has 0 aromatic heterocycles. The molecule has 1 aliphatic heterocycles. The summed E-state index contributed by atoms with van der Waals surface area (Å²) in [4.78, 5) is 2.40. The van der Waals surface area contributed by atoms with Crippen LogP contribution in [-0.4, -0.2) is 41.8 Å². The molecule has 0 radical (unpaired) electrons. The van der Waals surface area contributed by atoms with Crippen LogP contribution >= 0.6 is 0 Å². The molecule has 1 heterocycles. The van der Waals surface area contributed by atoms with E-state index >= 15 is 0 Å². The van der Waals surface area contributed by atoms with Crippen molar-refractivity contribution >= 4 is 0 Å². The highest BCUT2D eigenvalue weighted by Gasteiger charge is 2.25. The maximum Gasteiger partial charge on any atom is 0.0468 e. The fourth-order valence-electron chi connectivity index (χ4n) is 1.96. The van der Waals surface area contributed by atoms with Gasteiger partial charge in [0, 0.05) is 25.2 Å². The molecule has 0 aromatic carbocycles. The van der Waals surface area contributed by atoms with E-state index in [4.69, 9.17) is 10.8 Å². The van der Waals surface area contributed by atoms with Gasteiger partial charge in [-0.1, -0.05) is 6.92 Å². The fraction of sp³-hybridized carbons (Fsp3) is 1.00. The first kappa shape index (κ1) is 11.0. The van der Waals surface area contributed by atoms with E-state index in [0.29, 0.717) is 18.0 Å². The number of nitrogens with zero attached hydrogens (tertiary/aromatic N) is 1. The third kappa shape index (κ3) is 2.93. The SMILES string of the molecule is CC(CO)CN1CCC[C@@H](N)[C@H]1C. The van der Waals surface area contributed by atoms with Crippen molar-refractivity contribution in [3.8, 4) is 0 Å². The summed E-state index contributed by atoms with van der Waals surface area (Å²) in [5.41, 5.74) is 5.98. The number of likely N-dealkylation sites (tertiary alicyclic amines) is 1. The van der Waals surface area contributed by atoms with Crippen LogP contribution in [0.15, 0.2) is 0 Å². The molecule has 3 N–H and O–H groups in total. The van der Waals surface area contributed by atoms with Crippen molar-refractivity contribution in [2.75, 3.05) is 19.7 Å². The number of aliphatic hydroxyl groups excluding tert-OH is 1. The maximum atomic E-state index is 8.96. The first-order chi connectivity index (χ1) is 6.15. The highest BCUT2D eigenvalue weighted by Crippen LogP contribution is 2.16. The topological polar surface area (TPSA) is 49.5 Å². The van der Waals surface area contributed by atoms with Gasteiger partial charge in [0.1, 0.15) is 0 Å². The summed E-state index contributed by atoms with van der Waals surface area (Å²) >= 11 is 0. The minimum absolute atomic E-state index is 0.276. The summed E-state index contributed by atoms with van der Waals surface area (Å²) in [5.74, 6) is 0.368. The van der Waals surface area contributed by atoms with E-state index < -0.39 is 0 Å². The zero-order valence-corrected chi connectivity index (χ0v) is 8.74. The Balaban J connectivity index is 2.39. The summed E-state index contributed by atoms with van der Waals surface area (Å²) in [7, 11) is 0. The van der Waals surface area contributed by atoms with Crippen molar-refractivity contribution in [3.63, 3.8) is 0 Å². The number of rotatable bonds is 3. The number of hydrogen-bond donors (Lipinski definition) is 2. The third-order valence-corrected chi connectivity index (χ3v) is 3.04. The molecule has 0 aromatic rings. The Labute approximate surface area is 80.9 Å². The Hall–Kier alpha value is -0.120. The molecule has 1 saturated heterocycles. The highest BCUT2D eigenvalue weighted by molar-refractivity contribution is 4.84. The predicted octanol–water partition coefficient (Wildman–Crippen LogP) is 0.426. The lowest BCUT2D eigenvalue weighted by Gasteiger charge is -2.38. The van der Waals surface area contributed by atoms with Crippen LogP contribution in [0.25, 0.3) is 0 Å². The smallest absolute Gasteiger partial charge is 0.0468 e. The van der Waals surface area contributed by atoms with Crippen molar-refractivity contribution in [1.29, 1.82) is 0 Å². The summed E-state index contributed by atoms with van der Waals surface area (Å²) in [6.07, 6.45) is 2.34. The van der Waals surface area contributed by atoms with E-state index in [9.17, 15) is 0 Å². The first-order valence-corrected chi connectivity index (χ1v) is 5.25. The van der Waals surface area contributed by atoms with E-state index in [1.165, 1.54) is 6.42 Å². The Morgan fingerprint density at radius 2 is 2.31 bits per heavy atom. The molecule has 0 bridgehead atoms. The van der Waals surface area contributed by atoms with Gasteiger partial charge in [0.15, 0.2) is 0 Å². The Bertz CT molecular complexity index is 152. The monoisotopic (exact) mass is 186 g/mol. The second-order valence-electron chi connectivity index (χ2n) is 4.33. The second-order valence-corrected chi connectivity index (χ2v) is 4.33. The molecular weight excluding hydrogens is 164 g/mol. The zero-order chi connectivity index (χ0) is 9.84. The predicted molar refractivity (Wildman–Crippen MR) is 54.5 cm³/mol. The number of piperidine rings is 1. The molecule has 78 valence electrons. The molecule has 13 heavy (non-hydrogen) atoms. The summed E-state index contributed by atoms with van der Waals surface area (Å²) < 4.78 is 0. The Kier molecular flexibility index (Phi) is 4.16. The summed E-state index contributed by atoms with van der Waals surface area (Å²) in [6, 6.07) is 0.794. The molecule has 1 fully saturated rings. The molecule has 0 saturated carbocycles. The fourth-order valence-corrected chi connectivity index (χ4v) is 1.96. The lowest BCUT2D eigenvalue weighted by atomic mass is 9.97. The standard InChI is InChI=1S/C10H22N2O/c1-8(7-13)6-12-5-3-4-10(11)9(12)2/h8-10,13H,3-7,11H2,1-2H3/t8?,9-,10-/m1/s1. The quantitative estimate of drug-likeness (QED) is 0.672. The van der Waals surface area contributed by atoms with Crippen molar-refractivity contribution in [2.24, 2.45) is 11.7 Å². The van der Waals surface area contributed by atoms with E-state index in [-0.39, 0.29) is 6.61 Å². The molecule has 3 heteroatoms. The lowest BCUT2D eigenvalue weighted by Crippen LogP contribution is -2.51. The minimum Gasteiger partial charge on any atom is -0.396 e. The molecule has 3 nitrogen and oxygen atoms in total. The van der Waals surface area contributed by atoms with E-state index in [0.717, 1.165) is 19.5 Å². The summed E-state index contributed by atoms with van der Waals surface area (Å²) in [6.45, 7) is 6.66. The van der Waals surface area contributed by atoms with Crippen LogP contribution in [0.5, 0.6) is 0 Å². The van der Waals surface area contributed by atoms with Crippen LogP contribution in [-0.2, 0) is 0 Å². The van der Waals surface area contributed by atoms with Crippen molar-refractivity contribution in [3.05, 3.63) is 0 Å². The number of aliphatic hydroxyl groups is 1. The molecule has 3 atom stereocenters. The molecule has 0 amide bonds. The highest BCUT2D eigenvalue weighted by atomic mass is 16.3. The molecular formula is C10H22N2O. The summed E-state index contributed by atoms with van der Waals surface area (Å²) in [5, 5.41) is 8.96. The Morgan fingerprint density at radius 3 is 2.92 bits per heavy atom. The van der Waals surface area contributed by atoms with Gasteiger partial charge in [-0.05, 0) is 32.2 Å². The van der Waals surface area contributed by atoms with E-state index in [1.54, 1.807) is 0 Å². The molecule has 1 rings (SSSR count). The van der Waals surface area contributed by atoms with Gasteiger partial charge in [-0.2, -0.15) is 0 Å². The number of hydrogen-bond acceptors (Lipinski definition) is 3. The second kappa shape index (κ2) is 4.94. The Morgan fingerprint density at radius 1 is 1.62 bits per heavy atom. The average molecular weight is 186 g/mol. The van der Waals surface area contributed by atoms with Gasteiger partial charge in [-0.3, -0.25) is 4.90 Å². The maximum absolute atomic E-state index is 8.96. The van der Waals surface area contributed by atoms with Gasteiger partial charge in [0.2, 0.25) is 0 Å². The van der Waals surface area contributed by atoms with E-state index in [2.05, 4.69) is 18.7 Å². The average Bonchev–Trinajstić information content (AvgIpc) is 2.13. The van der Waals surface area contributed by atoms with Crippen LogP contribution in [0.2, 0.25) is 0 Å². The van der Waals surface area contributed by atoms with Crippen LogP contribution in [0, 0.1) is 5.92 Å². The van der Waals surface area contributed by atoms with Gasteiger partial charge < -0.3 is 10.8 Å². The minimum atomic E-state index is 0.276. The number of nitrogens with two attached hydrogens (primary N) is 1.